The Labute approximate surface area is 165 Å². The van der Waals surface area contributed by atoms with Gasteiger partial charge in [0.05, 0.1) is 12.5 Å². The van der Waals surface area contributed by atoms with E-state index in [0.29, 0.717) is 38.4 Å². The fourth-order valence-electron chi connectivity index (χ4n) is 4.13. The molecular weight excluding hydrogens is 361 g/mol. The first kappa shape index (κ1) is 20.6. The van der Waals surface area contributed by atoms with Crippen LogP contribution in [0.1, 0.15) is 32.1 Å². The Kier molecular flexibility index (Phi) is 7.25. The molecule has 3 rings (SSSR count). The summed E-state index contributed by atoms with van der Waals surface area (Å²) in [7, 11) is 0. The van der Waals surface area contributed by atoms with Gasteiger partial charge in [-0.3, -0.25) is 9.59 Å². The first-order valence-electron chi connectivity index (χ1n) is 10.2. The molecule has 2 unspecified atom stereocenters. The molecule has 2 aliphatic heterocycles. The number of nitrogens with two attached hydrogens (primary N) is 1. The van der Waals surface area contributed by atoms with Crippen LogP contribution in [0.5, 0.6) is 5.75 Å². The summed E-state index contributed by atoms with van der Waals surface area (Å²) in [6, 6.07) is 6.03. The first-order chi connectivity index (χ1) is 13.5. The SMILES string of the molecule is NC(=O)CCN1CCCC(C(=O)N2CCCC(COc3ccc(F)cc3)C2)C1. The highest BCUT2D eigenvalue weighted by Gasteiger charge is 2.32. The van der Waals surface area contributed by atoms with E-state index < -0.39 is 0 Å². The van der Waals surface area contributed by atoms with Gasteiger partial charge in [0.25, 0.3) is 0 Å². The Hall–Kier alpha value is -2.15. The number of nitrogens with zero attached hydrogens (tertiary/aromatic N) is 2. The molecule has 0 bridgehead atoms. The quantitative estimate of drug-likeness (QED) is 0.772. The second kappa shape index (κ2) is 9.87. The molecule has 28 heavy (non-hydrogen) atoms. The molecule has 2 fully saturated rings. The van der Waals surface area contributed by atoms with Crippen LogP contribution in [0.15, 0.2) is 24.3 Å². The Bertz CT molecular complexity index is 667. The largest absolute Gasteiger partial charge is 0.493 e. The Balaban J connectivity index is 1.48. The number of rotatable bonds is 7. The number of likely N-dealkylation sites (tertiary alicyclic amines) is 2. The van der Waals surface area contributed by atoms with E-state index in [2.05, 4.69) is 4.90 Å². The summed E-state index contributed by atoms with van der Waals surface area (Å²) in [5.41, 5.74) is 5.24. The first-order valence-corrected chi connectivity index (χ1v) is 10.2. The van der Waals surface area contributed by atoms with Gasteiger partial charge in [-0.05, 0) is 56.5 Å². The Morgan fingerprint density at radius 1 is 1.11 bits per heavy atom. The summed E-state index contributed by atoms with van der Waals surface area (Å²) in [6.07, 6.45) is 4.22. The molecule has 2 heterocycles. The van der Waals surface area contributed by atoms with Crippen molar-refractivity contribution in [1.29, 1.82) is 0 Å². The van der Waals surface area contributed by atoms with E-state index >= 15 is 0 Å². The average molecular weight is 391 g/mol. The molecule has 2 amide bonds. The van der Waals surface area contributed by atoms with E-state index in [1.165, 1.54) is 12.1 Å². The van der Waals surface area contributed by atoms with Crippen molar-refractivity contribution in [3.63, 3.8) is 0 Å². The topological polar surface area (TPSA) is 75.9 Å². The summed E-state index contributed by atoms with van der Waals surface area (Å²) < 4.78 is 18.8. The molecule has 0 saturated carbocycles. The third kappa shape index (κ3) is 5.92. The van der Waals surface area contributed by atoms with Crippen LogP contribution in [-0.4, -0.2) is 60.9 Å². The molecular formula is C21H30FN3O3. The van der Waals surface area contributed by atoms with Gasteiger partial charge in [0, 0.05) is 38.5 Å². The smallest absolute Gasteiger partial charge is 0.226 e. The van der Waals surface area contributed by atoms with Crippen LogP contribution in [-0.2, 0) is 9.59 Å². The minimum atomic E-state index is -0.298. The van der Waals surface area contributed by atoms with Crippen molar-refractivity contribution in [3.05, 3.63) is 30.1 Å². The van der Waals surface area contributed by atoms with Gasteiger partial charge in [-0.2, -0.15) is 0 Å². The van der Waals surface area contributed by atoms with Crippen LogP contribution in [0.2, 0.25) is 0 Å². The molecule has 0 radical (unpaired) electrons. The molecule has 6 nitrogen and oxygen atoms in total. The van der Waals surface area contributed by atoms with E-state index in [4.69, 9.17) is 10.5 Å². The summed E-state index contributed by atoms with van der Waals surface area (Å²) in [6.45, 7) is 4.30. The van der Waals surface area contributed by atoms with Gasteiger partial charge in [0.2, 0.25) is 11.8 Å². The lowest BCUT2D eigenvalue weighted by atomic mass is 9.93. The maximum atomic E-state index is 13.0. The second-order valence-corrected chi connectivity index (χ2v) is 7.91. The average Bonchev–Trinajstić information content (AvgIpc) is 2.72. The van der Waals surface area contributed by atoms with Crippen LogP contribution in [0, 0.1) is 17.7 Å². The van der Waals surface area contributed by atoms with Gasteiger partial charge in [-0.1, -0.05) is 0 Å². The second-order valence-electron chi connectivity index (χ2n) is 7.91. The van der Waals surface area contributed by atoms with Gasteiger partial charge in [-0.15, -0.1) is 0 Å². The van der Waals surface area contributed by atoms with Crippen molar-refractivity contribution in [2.45, 2.75) is 32.1 Å². The van der Waals surface area contributed by atoms with Gasteiger partial charge in [0.15, 0.2) is 0 Å². The van der Waals surface area contributed by atoms with Crippen molar-refractivity contribution in [3.8, 4) is 5.75 Å². The Morgan fingerprint density at radius 3 is 2.61 bits per heavy atom. The fourth-order valence-corrected chi connectivity index (χ4v) is 4.13. The molecule has 0 spiro atoms. The lowest BCUT2D eigenvalue weighted by molar-refractivity contribution is -0.139. The van der Waals surface area contributed by atoms with Crippen molar-refractivity contribution in [2.24, 2.45) is 17.6 Å². The van der Waals surface area contributed by atoms with Gasteiger partial charge < -0.3 is 20.3 Å². The molecule has 154 valence electrons. The van der Waals surface area contributed by atoms with Crippen LogP contribution in [0.3, 0.4) is 0 Å². The highest BCUT2D eigenvalue weighted by Crippen LogP contribution is 2.24. The molecule has 2 N–H and O–H groups in total. The standard InChI is InChI=1S/C21H30FN3O3/c22-18-5-7-19(8-6-18)28-15-16-3-1-11-25(13-16)21(27)17-4-2-10-24(14-17)12-9-20(23)26/h5-8,16-17H,1-4,9-15H2,(H2,23,26). The minimum absolute atomic E-state index is 0.00149. The lowest BCUT2D eigenvalue weighted by Crippen LogP contribution is -2.48. The molecule has 1 aromatic carbocycles. The van der Waals surface area contributed by atoms with Crippen LogP contribution < -0.4 is 10.5 Å². The van der Waals surface area contributed by atoms with Gasteiger partial charge >= 0.3 is 0 Å². The van der Waals surface area contributed by atoms with Crippen molar-refractivity contribution in [1.82, 2.24) is 9.80 Å². The molecule has 2 atom stereocenters. The molecule has 7 heteroatoms. The van der Waals surface area contributed by atoms with E-state index in [0.717, 1.165) is 38.8 Å². The van der Waals surface area contributed by atoms with Gasteiger partial charge in [0.1, 0.15) is 11.6 Å². The molecule has 0 aliphatic carbocycles. The summed E-state index contributed by atoms with van der Waals surface area (Å²) >= 11 is 0. The summed E-state index contributed by atoms with van der Waals surface area (Å²) in [5.74, 6) is 0.584. The number of primary amides is 1. The number of ether oxygens (including phenoxy) is 1. The van der Waals surface area contributed by atoms with E-state index in [1.54, 1.807) is 12.1 Å². The number of piperidine rings is 2. The zero-order valence-corrected chi connectivity index (χ0v) is 16.3. The third-order valence-electron chi connectivity index (χ3n) is 5.66. The monoisotopic (exact) mass is 391 g/mol. The van der Waals surface area contributed by atoms with Crippen LogP contribution >= 0.6 is 0 Å². The predicted molar refractivity (Wildman–Crippen MR) is 104 cm³/mol. The molecule has 2 aliphatic rings. The van der Waals surface area contributed by atoms with E-state index in [-0.39, 0.29) is 29.5 Å². The number of hydrogen-bond acceptors (Lipinski definition) is 4. The van der Waals surface area contributed by atoms with Crippen LogP contribution in [0.4, 0.5) is 4.39 Å². The summed E-state index contributed by atoms with van der Waals surface area (Å²) in [4.78, 5) is 28.2. The number of carbonyl (C=O) groups excluding carboxylic acids is 2. The highest BCUT2D eigenvalue weighted by molar-refractivity contribution is 5.79. The molecule has 2 saturated heterocycles. The van der Waals surface area contributed by atoms with Crippen molar-refractivity contribution < 1.29 is 18.7 Å². The number of halogens is 1. The summed E-state index contributed by atoms with van der Waals surface area (Å²) in [5, 5.41) is 0. The number of hydrogen-bond donors (Lipinski definition) is 1. The minimum Gasteiger partial charge on any atom is -0.493 e. The normalized spacial score (nSPS) is 23.4. The van der Waals surface area contributed by atoms with Crippen molar-refractivity contribution >= 4 is 11.8 Å². The maximum Gasteiger partial charge on any atom is 0.226 e. The Morgan fingerprint density at radius 2 is 1.86 bits per heavy atom. The van der Waals surface area contributed by atoms with E-state index in [1.807, 2.05) is 4.90 Å². The predicted octanol–water partition coefficient (Wildman–Crippen LogP) is 2.03. The lowest BCUT2D eigenvalue weighted by Gasteiger charge is -2.38. The molecule has 1 aromatic rings. The number of benzene rings is 1. The highest BCUT2D eigenvalue weighted by atomic mass is 19.1. The zero-order chi connectivity index (χ0) is 19.9. The third-order valence-corrected chi connectivity index (χ3v) is 5.66. The molecule has 0 aromatic heterocycles. The van der Waals surface area contributed by atoms with E-state index in [9.17, 15) is 14.0 Å². The van der Waals surface area contributed by atoms with Crippen molar-refractivity contribution in [2.75, 3.05) is 39.3 Å². The number of amides is 2. The van der Waals surface area contributed by atoms with Crippen LogP contribution in [0.25, 0.3) is 0 Å². The van der Waals surface area contributed by atoms with Gasteiger partial charge in [-0.25, -0.2) is 4.39 Å². The maximum absolute atomic E-state index is 13.0. The zero-order valence-electron chi connectivity index (χ0n) is 16.3. The number of carbonyl (C=O) groups is 2. The fraction of sp³-hybridized carbons (Fsp3) is 0.619.